The van der Waals surface area contributed by atoms with E-state index in [1.165, 1.54) is 54.5 Å². The van der Waals surface area contributed by atoms with Crippen molar-refractivity contribution in [2.75, 3.05) is 0 Å². The van der Waals surface area contributed by atoms with Gasteiger partial charge in [0, 0.05) is 61.6 Å². The van der Waals surface area contributed by atoms with Gasteiger partial charge in [0.2, 0.25) is 0 Å². The van der Waals surface area contributed by atoms with Crippen LogP contribution in [0.5, 0.6) is 0 Å². The first-order chi connectivity index (χ1) is 15.8. The number of rotatable bonds is 1. The topological polar surface area (TPSA) is 4.93 Å². The summed E-state index contributed by atoms with van der Waals surface area (Å²) in [5.74, 6) is 0. The minimum atomic E-state index is 0. The smallest absolute Gasteiger partial charge is 0.0495 e. The normalized spacial score (nSPS) is 11.5. The quantitative estimate of drug-likeness (QED) is 0.160. The second-order valence-electron chi connectivity index (χ2n) is 8.56. The predicted octanol–water partition coefficient (Wildman–Crippen LogP) is 8.26. The van der Waals surface area contributed by atoms with E-state index in [2.05, 4.69) is 121 Å². The van der Waals surface area contributed by atoms with Crippen LogP contribution in [0.3, 0.4) is 0 Å². The van der Waals surface area contributed by atoms with E-state index in [-0.39, 0.29) is 32.7 Å². The Balaban J connectivity index is 0.00000206. The van der Waals surface area contributed by atoms with Gasteiger partial charge < -0.3 is 4.57 Å². The molecule has 0 spiro atoms. The van der Waals surface area contributed by atoms with E-state index >= 15 is 0 Å². The van der Waals surface area contributed by atoms with Crippen molar-refractivity contribution in [1.29, 1.82) is 0 Å². The Labute approximate surface area is 217 Å². The Morgan fingerprint density at radius 2 is 1.18 bits per heavy atom. The van der Waals surface area contributed by atoms with Crippen LogP contribution in [-0.4, -0.2) is 4.57 Å². The molecule has 2 heteroatoms. The summed E-state index contributed by atoms with van der Waals surface area (Å²) in [7, 11) is 2.17. The minimum Gasteiger partial charge on any atom is -0.344 e. The van der Waals surface area contributed by atoms with Gasteiger partial charge in [-0.15, -0.1) is 29.0 Å². The van der Waals surface area contributed by atoms with Gasteiger partial charge in [-0.25, -0.2) is 0 Å². The average Bonchev–Trinajstić information content (AvgIpc) is 3.14. The molecule has 7 aromatic rings. The number of fused-ring (bicyclic) bond motifs is 7. The molecule has 0 amide bonds. The van der Waals surface area contributed by atoms with Crippen LogP contribution in [0.4, 0.5) is 0 Å². The first-order valence-corrected chi connectivity index (χ1v) is 11.0. The molecule has 153 valence electrons. The summed E-state index contributed by atoms with van der Waals surface area (Å²) in [5, 5.41) is 10.0. The van der Waals surface area contributed by atoms with Crippen molar-refractivity contribution in [1.82, 2.24) is 4.57 Å². The van der Waals surface area contributed by atoms with Crippen molar-refractivity contribution in [3.63, 3.8) is 0 Å². The zero-order chi connectivity index (χ0) is 21.2. The Kier molecular flexibility index (Phi) is 4.87. The second kappa shape index (κ2) is 7.80. The molecule has 0 bridgehead atoms. The van der Waals surface area contributed by atoms with Crippen LogP contribution in [-0.2, 0) is 39.8 Å². The molecule has 7 rings (SSSR count). The van der Waals surface area contributed by atoms with E-state index in [1.807, 2.05) is 0 Å². The molecule has 1 heterocycles. The third-order valence-corrected chi connectivity index (χ3v) is 6.85. The summed E-state index contributed by atoms with van der Waals surface area (Å²) in [6.45, 7) is 0. The molecule has 33 heavy (non-hydrogen) atoms. The molecule has 0 saturated heterocycles. The molecular weight excluding hydrogens is 475 g/mol. The van der Waals surface area contributed by atoms with Gasteiger partial charge in [-0.2, -0.15) is 0 Å². The first-order valence-electron chi connectivity index (χ1n) is 11.0. The third-order valence-electron chi connectivity index (χ3n) is 6.85. The maximum absolute atomic E-state index is 3.61. The summed E-state index contributed by atoms with van der Waals surface area (Å²) in [6.07, 6.45) is 0. The predicted molar refractivity (Wildman–Crippen MR) is 137 cm³/mol. The molecule has 0 aliphatic heterocycles. The molecular formula is C31H20NY-. The minimum absolute atomic E-state index is 0. The number of aromatic nitrogens is 1. The van der Waals surface area contributed by atoms with Crippen molar-refractivity contribution < 1.29 is 32.7 Å². The fraction of sp³-hybridized carbons (Fsp3) is 0.0323. The fourth-order valence-electron chi connectivity index (χ4n) is 5.36. The van der Waals surface area contributed by atoms with Crippen molar-refractivity contribution in [3.05, 3.63) is 109 Å². The molecule has 0 N–H and O–H groups in total. The number of nitrogens with zero attached hydrogens (tertiary/aromatic N) is 1. The van der Waals surface area contributed by atoms with Gasteiger partial charge in [-0.3, -0.25) is 0 Å². The molecule has 6 aromatic carbocycles. The maximum Gasteiger partial charge on any atom is 0.0495 e. The van der Waals surface area contributed by atoms with Crippen molar-refractivity contribution in [2.45, 2.75) is 0 Å². The number of aryl methyl sites for hydroxylation is 1. The molecule has 0 saturated carbocycles. The largest absolute Gasteiger partial charge is 0.344 e. The molecule has 0 atom stereocenters. The van der Waals surface area contributed by atoms with Crippen molar-refractivity contribution in [2.24, 2.45) is 7.05 Å². The van der Waals surface area contributed by atoms with E-state index in [9.17, 15) is 0 Å². The number of hydrogen-bond acceptors (Lipinski definition) is 0. The van der Waals surface area contributed by atoms with Gasteiger partial charge in [0.25, 0.3) is 0 Å². The van der Waals surface area contributed by atoms with E-state index in [0.717, 1.165) is 10.8 Å². The summed E-state index contributed by atoms with van der Waals surface area (Å²) in [4.78, 5) is 0. The molecule has 1 radical (unpaired) electrons. The maximum atomic E-state index is 3.61. The van der Waals surface area contributed by atoms with Crippen LogP contribution >= 0.6 is 0 Å². The zero-order valence-corrected chi connectivity index (χ0v) is 21.2. The van der Waals surface area contributed by atoms with Crippen LogP contribution in [0, 0.1) is 6.07 Å². The summed E-state index contributed by atoms with van der Waals surface area (Å²) in [5.41, 5.74) is 5.07. The van der Waals surface area contributed by atoms with Gasteiger partial charge in [-0.1, -0.05) is 89.1 Å². The van der Waals surface area contributed by atoms with Crippen molar-refractivity contribution in [3.8, 4) is 11.1 Å². The molecule has 0 fully saturated rings. The Hall–Kier alpha value is -3.00. The first kappa shape index (κ1) is 20.6. The van der Waals surface area contributed by atoms with E-state index < -0.39 is 0 Å². The fourth-order valence-corrected chi connectivity index (χ4v) is 5.36. The molecule has 0 unspecified atom stereocenters. The van der Waals surface area contributed by atoms with Crippen LogP contribution in [0.25, 0.3) is 65.3 Å². The second-order valence-corrected chi connectivity index (χ2v) is 8.56. The van der Waals surface area contributed by atoms with Crippen LogP contribution < -0.4 is 0 Å². The zero-order valence-electron chi connectivity index (χ0n) is 18.3. The average molecular weight is 495 g/mol. The molecule has 0 aliphatic carbocycles. The van der Waals surface area contributed by atoms with Gasteiger partial charge in [0.15, 0.2) is 0 Å². The number of hydrogen-bond donors (Lipinski definition) is 0. The molecule has 1 nitrogen and oxygen atoms in total. The summed E-state index contributed by atoms with van der Waals surface area (Å²) < 4.78 is 2.32. The molecule has 1 aromatic heterocycles. The standard InChI is InChI=1S/C31H20N.Y/c1-32-28-16-15-23(19-27(28)31-24-11-5-2-8-20(24)14-17-29(31)32)30-25-12-6-3-9-21(25)18-22-10-4-7-13-26(22)30;/h2-17,19H,1H3;/q-1;. The van der Waals surface area contributed by atoms with Gasteiger partial charge in [0.05, 0.1) is 0 Å². The third kappa shape index (κ3) is 3.00. The Morgan fingerprint density at radius 1 is 0.576 bits per heavy atom. The van der Waals surface area contributed by atoms with E-state index in [4.69, 9.17) is 0 Å². The molecule has 0 aliphatic rings. The van der Waals surface area contributed by atoms with Gasteiger partial charge in [0.1, 0.15) is 0 Å². The van der Waals surface area contributed by atoms with E-state index in [1.54, 1.807) is 0 Å². The Morgan fingerprint density at radius 3 is 1.91 bits per heavy atom. The SMILES string of the molecule is Cn1c2ccc(-c3c4ccccc4[c-]c4ccccc34)cc2c2c3ccccc3ccc21.[Y]. The summed E-state index contributed by atoms with van der Waals surface area (Å²) in [6, 6.07) is 40.9. The van der Waals surface area contributed by atoms with Gasteiger partial charge >= 0.3 is 0 Å². The number of benzene rings is 6. The summed E-state index contributed by atoms with van der Waals surface area (Å²) >= 11 is 0. The van der Waals surface area contributed by atoms with Crippen LogP contribution in [0.2, 0.25) is 0 Å². The van der Waals surface area contributed by atoms with Gasteiger partial charge in [-0.05, 0) is 34.5 Å². The Bertz CT molecular complexity index is 1790. The van der Waals surface area contributed by atoms with E-state index in [0.29, 0.717) is 0 Å². The van der Waals surface area contributed by atoms with Crippen LogP contribution in [0.15, 0.2) is 103 Å². The van der Waals surface area contributed by atoms with Crippen molar-refractivity contribution >= 4 is 54.1 Å². The monoisotopic (exact) mass is 495 g/mol. The van der Waals surface area contributed by atoms with Crippen LogP contribution in [0.1, 0.15) is 0 Å².